The lowest BCUT2D eigenvalue weighted by Gasteiger charge is -2.33. The van der Waals surface area contributed by atoms with E-state index in [0.29, 0.717) is 24.2 Å². The number of carboxylic acids is 1. The Balaban J connectivity index is 0.000000840. The molecular weight excluding hydrogens is 482 g/mol. The number of carbonyl (C=O) groups is 1. The minimum Gasteiger partial charge on any atom is -0.492 e. The van der Waals surface area contributed by atoms with E-state index in [9.17, 15) is 8.42 Å². The van der Waals surface area contributed by atoms with Crippen molar-refractivity contribution in [3.05, 3.63) is 65.7 Å². The van der Waals surface area contributed by atoms with E-state index in [1.807, 2.05) is 36.1 Å². The molecule has 0 unspecified atom stereocenters. The SMILES string of the molecule is CC(=O)O.COc1c(OS(=O)(=O)c2cccc3ccccc23)cc(C)cc1C1CCN(C(=N)N)CC1. The van der Waals surface area contributed by atoms with Crippen LogP contribution in [-0.2, 0) is 14.9 Å². The predicted octanol–water partition coefficient (Wildman–Crippen LogP) is 4.09. The second-order valence-electron chi connectivity index (χ2n) is 8.57. The van der Waals surface area contributed by atoms with Crippen LogP contribution in [0.3, 0.4) is 0 Å². The fourth-order valence-electron chi connectivity index (χ4n) is 4.36. The Labute approximate surface area is 211 Å². The van der Waals surface area contributed by atoms with Crippen molar-refractivity contribution in [1.29, 1.82) is 5.41 Å². The van der Waals surface area contributed by atoms with Gasteiger partial charge in [-0.3, -0.25) is 10.2 Å². The molecule has 3 aromatic carbocycles. The number of nitrogens with zero attached hydrogens (tertiary/aromatic N) is 1. The van der Waals surface area contributed by atoms with E-state index >= 15 is 0 Å². The van der Waals surface area contributed by atoms with E-state index in [2.05, 4.69) is 0 Å². The van der Waals surface area contributed by atoms with Gasteiger partial charge in [0, 0.05) is 31.0 Å². The van der Waals surface area contributed by atoms with Crippen molar-refractivity contribution in [3.8, 4) is 11.5 Å². The van der Waals surface area contributed by atoms with Gasteiger partial charge in [-0.05, 0) is 48.8 Å². The standard InChI is InChI=1S/C24H27N3O4S.C2H4O2/c1-16-14-20(18-10-12-27(13-11-18)24(25)26)23(30-2)21(15-16)31-32(28,29)22-9-5-7-17-6-3-4-8-19(17)22;1-2(3)4/h3-9,14-15,18H,10-13H2,1-2H3,(H3,25,26);1H3,(H,3,4). The van der Waals surface area contributed by atoms with Gasteiger partial charge in [-0.1, -0.05) is 42.5 Å². The fraction of sp³-hybridized carbons (Fsp3) is 0.308. The monoisotopic (exact) mass is 513 g/mol. The Bertz CT molecular complexity index is 1360. The molecule has 9 nitrogen and oxygen atoms in total. The minimum absolute atomic E-state index is 0.0739. The highest BCUT2D eigenvalue weighted by molar-refractivity contribution is 7.87. The summed E-state index contributed by atoms with van der Waals surface area (Å²) in [4.78, 5) is 11.0. The molecule has 10 heteroatoms. The minimum atomic E-state index is -4.09. The number of methoxy groups -OCH3 is 1. The first-order valence-electron chi connectivity index (χ1n) is 11.4. The normalized spacial score (nSPS) is 14.0. The quantitative estimate of drug-likeness (QED) is 0.263. The number of nitrogens with one attached hydrogen (secondary N) is 1. The van der Waals surface area contributed by atoms with E-state index < -0.39 is 16.1 Å². The van der Waals surface area contributed by atoms with Gasteiger partial charge in [0.1, 0.15) is 4.90 Å². The third-order valence-electron chi connectivity index (χ3n) is 5.93. The van der Waals surface area contributed by atoms with Crippen LogP contribution < -0.4 is 14.7 Å². The lowest BCUT2D eigenvalue weighted by Crippen LogP contribution is -2.41. The van der Waals surface area contributed by atoms with Crippen LogP contribution in [0, 0.1) is 12.3 Å². The topological polar surface area (TPSA) is 143 Å². The van der Waals surface area contributed by atoms with Crippen LogP contribution in [0.1, 0.15) is 36.8 Å². The van der Waals surface area contributed by atoms with Gasteiger partial charge in [-0.25, -0.2) is 0 Å². The third-order valence-corrected chi connectivity index (χ3v) is 7.22. The summed E-state index contributed by atoms with van der Waals surface area (Å²) in [7, 11) is -2.57. The van der Waals surface area contributed by atoms with Crippen LogP contribution >= 0.6 is 0 Å². The molecule has 0 atom stereocenters. The summed E-state index contributed by atoms with van der Waals surface area (Å²) in [5.74, 6) is 0.0121. The zero-order chi connectivity index (χ0) is 26.5. The van der Waals surface area contributed by atoms with Gasteiger partial charge < -0.3 is 24.7 Å². The molecule has 192 valence electrons. The Morgan fingerprint density at radius 3 is 2.33 bits per heavy atom. The molecule has 36 heavy (non-hydrogen) atoms. The van der Waals surface area contributed by atoms with E-state index in [1.165, 1.54) is 7.11 Å². The number of hydrogen-bond acceptors (Lipinski definition) is 6. The Morgan fingerprint density at radius 1 is 1.11 bits per heavy atom. The van der Waals surface area contributed by atoms with Crippen molar-refractivity contribution in [1.82, 2.24) is 4.90 Å². The number of guanidine groups is 1. The maximum Gasteiger partial charge on any atom is 0.339 e. The van der Waals surface area contributed by atoms with Gasteiger partial charge in [0.25, 0.3) is 5.97 Å². The summed E-state index contributed by atoms with van der Waals surface area (Å²) in [6, 6.07) is 16.2. The first-order valence-corrected chi connectivity index (χ1v) is 12.8. The van der Waals surface area contributed by atoms with E-state index in [1.54, 1.807) is 30.3 Å². The van der Waals surface area contributed by atoms with E-state index in [0.717, 1.165) is 36.3 Å². The molecule has 0 spiro atoms. The number of fused-ring (bicyclic) bond motifs is 1. The number of rotatable bonds is 5. The van der Waals surface area contributed by atoms with Crippen molar-refractivity contribution in [3.63, 3.8) is 0 Å². The number of nitrogens with two attached hydrogens (primary N) is 1. The highest BCUT2D eigenvalue weighted by Gasteiger charge is 2.28. The van der Waals surface area contributed by atoms with Crippen LogP contribution in [0.15, 0.2) is 59.5 Å². The Morgan fingerprint density at radius 2 is 1.72 bits per heavy atom. The van der Waals surface area contributed by atoms with Gasteiger partial charge in [0.2, 0.25) is 0 Å². The smallest absolute Gasteiger partial charge is 0.339 e. The second-order valence-corrected chi connectivity index (χ2v) is 10.1. The van der Waals surface area contributed by atoms with Gasteiger partial charge in [0.15, 0.2) is 17.5 Å². The molecule has 4 N–H and O–H groups in total. The molecule has 3 aromatic rings. The summed E-state index contributed by atoms with van der Waals surface area (Å²) in [5.41, 5.74) is 7.42. The van der Waals surface area contributed by atoms with Crippen LogP contribution in [0.25, 0.3) is 10.8 Å². The molecule has 0 aromatic heterocycles. The average Bonchev–Trinajstić information content (AvgIpc) is 2.83. The lowest BCUT2D eigenvalue weighted by atomic mass is 9.88. The van der Waals surface area contributed by atoms with Crippen LogP contribution in [-0.4, -0.2) is 50.6 Å². The van der Waals surface area contributed by atoms with Crippen molar-refractivity contribution in [2.45, 2.75) is 37.5 Å². The molecule has 1 aliphatic rings. The Hall–Kier alpha value is -3.79. The molecular formula is C26H31N3O6S. The number of piperidine rings is 1. The van der Waals surface area contributed by atoms with E-state index in [4.69, 9.17) is 30.0 Å². The molecule has 0 radical (unpaired) electrons. The fourth-order valence-corrected chi connectivity index (χ4v) is 5.51. The Kier molecular flexibility index (Phi) is 8.41. The zero-order valence-electron chi connectivity index (χ0n) is 20.5. The molecule has 4 rings (SSSR count). The van der Waals surface area contributed by atoms with Gasteiger partial charge in [-0.2, -0.15) is 8.42 Å². The van der Waals surface area contributed by atoms with E-state index in [-0.39, 0.29) is 22.5 Å². The summed E-state index contributed by atoms with van der Waals surface area (Å²) in [5, 5.41) is 16.5. The highest BCUT2D eigenvalue weighted by atomic mass is 32.2. The van der Waals surface area contributed by atoms with Gasteiger partial charge in [-0.15, -0.1) is 0 Å². The maximum atomic E-state index is 13.3. The van der Waals surface area contributed by atoms with Crippen molar-refractivity contribution < 1.29 is 27.2 Å². The number of carboxylic acid groups (broad SMARTS) is 1. The molecule has 0 aliphatic carbocycles. The second kappa shape index (κ2) is 11.3. The molecule has 1 saturated heterocycles. The number of aliphatic carboxylic acids is 1. The summed E-state index contributed by atoms with van der Waals surface area (Å²) in [6.45, 7) is 4.33. The predicted molar refractivity (Wildman–Crippen MR) is 138 cm³/mol. The average molecular weight is 514 g/mol. The van der Waals surface area contributed by atoms with Gasteiger partial charge in [0.05, 0.1) is 7.11 Å². The summed E-state index contributed by atoms with van der Waals surface area (Å²) in [6.07, 6.45) is 1.57. The molecule has 0 saturated carbocycles. The zero-order valence-corrected chi connectivity index (χ0v) is 21.3. The molecule has 1 heterocycles. The number of hydrogen-bond donors (Lipinski definition) is 3. The van der Waals surface area contributed by atoms with Gasteiger partial charge >= 0.3 is 10.1 Å². The van der Waals surface area contributed by atoms with Crippen LogP contribution in [0.5, 0.6) is 11.5 Å². The first-order chi connectivity index (χ1) is 17.0. The molecule has 1 fully saturated rings. The summed E-state index contributed by atoms with van der Waals surface area (Å²) < 4.78 is 37.9. The van der Waals surface area contributed by atoms with Crippen LogP contribution in [0.2, 0.25) is 0 Å². The first kappa shape index (κ1) is 26.8. The third kappa shape index (κ3) is 6.25. The number of aryl methyl sites for hydroxylation is 1. The number of ether oxygens (including phenoxy) is 1. The highest BCUT2D eigenvalue weighted by Crippen LogP contribution is 2.42. The largest absolute Gasteiger partial charge is 0.492 e. The van der Waals surface area contributed by atoms with Crippen molar-refractivity contribution in [2.75, 3.05) is 20.2 Å². The van der Waals surface area contributed by atoms with Crippen LogP contribution in [0.4, 0.5) is 0 Å². The van der Waals surface area contributed by atoms with Crippen molar-refractivity contribution in [2.24, 2.45) is 5.73 Å². The maximum absolute atomic E-state index is 13.3. The lowest BCUT2D eigenvalue weighted by molar-refractivity contribution is -0.134. The summed E-state index contributed by atoms with van der Waals surface area (Å²) >= 11 is 0. The molecule has 0 bridgehead atoms. The molecule has 1 aliphatic heterocycles. The number of benzene rings is 3. The molecule has 0 amide bonds. The van der Waals surface area contributed by atoms with Crippen molar-refractivity contribution >= 4 is 32.8 Å². The number of likely N-dealkylation sites (tertiary alicyclic amines) is 1.